The Hall–Kier alpha value is -1.48. The zero-order valence-corrected chi connectivity index (χ0v) is 13.3. The molecule has 2 aromatic rings. The zero-order valence-electron chi connectivity index (χ0n) is 11.0. The SMILES string of the molecule is COCc1nc(NN)cc(Nc2c(Cl)cc(F)cc2Br)n1. The highest BCUT2D eigenvalue weighted by Gasteiger charge is 2.11. The van der Waals surface area contributed by atoms with Crippen LogP contribution in [0.3, 0.4) is 0 Å². The van der Waals surface area contributed by atoms with E-state index >= 15 is 0 Å². The Morgan fingerprint density at radius 2 is 2.05 bits per heavy atom. The Labute approximate surface area is 134 Å². The molecule has 9 heteroatoms. The smallest absolute Gasteiger partial charge is 0.158 e. The van der Waals surface area contributed by atoms with Gasteiger partial charge in [-0.3, -0.25) is 0 Å². The maximum atomic E-state index is 13.2. The van der Waals surface area contributed by atoms with Crippen LogP contribution in [-0.2, 0) is 11.3 Å². The average molecular weight is 377 g/mol. The molecule has 4 N–H and O–H groups in total. The number of nitrogens with zero attached hydrogens (tertiary/aromatic N) is 2. The van der Waals surface area contributed by atoms with Crippen molar-refractivity contribution in [1.29, 1.82) is 0 Å². The molecular weight excluding hydrogens is 365 g/mol. The second kappa shape index (κ2) is 6.99. The molecule has 0 aliphatic rings. The highest BCUT2D eigenvalue weighted by atomic mass is 79.9. The fourth-order valence-electron chi connectivity index (χ4n) is 1.62. The van der Waals surface area contributed by atoms with Gasteiger partial charge in [0.15, 0.2) is 5.82 Å². The van der Waals surface area contributed by atoms with Gasteiger partial charge in [0.25, 0.3) is 0 Å². The van der Waals surface area contributed by atoms with Crippen molar-refractivity contribution in [2.24, 2.45) is 5.84 Å². The van der Waals surface area contributed by atoms with Crippen LogP contribution >= 0.6 is 27.5 Å². The van der Waals surface area contributed by atoms with Crippen molar-refractivity contribution in [3.63, 3.8) is 0 Å². The monoisotopic (exact) mass is 375 g/mol. The largest absolute Gasteiger partial charge is 0.377 e. The van der Waals surface area contributed by atoms with Crippen LogP contribution in [-0.4, -0.2) is 17.1 Å². The third kappa shape index (κ3) is 4.01. The molecule has 6 nitrogen and oxygen atoms in total. The third-order valence-electron chi connectivity index (χ3n) is 2.45. The highest BCUT2D eigenvalue weighted by Crippen LogP contribution is 2.33. The summed E-state index contributed by atoms with van der Waals surface area (Å²) in [6, 6.07) is 4.09. The van der Waals surface area contributed by atoms with Crippen LogP contribution < -0.4 is 16.6 Å². The normalized spacial score (nSPS) is 10.5. The summed E-state index contributed by atoms with van der Waals surface area (Å²) in [5, 5.41) is 3.21. The van der Waals surface area contributed by atoms with E-state index in [2.05, 4.69) is 36.6 Å². The summed E-state index contributed by atoms with van der Waals surface area (Å²) >= 11 is 9.26. The van der Waals surface area contributed by atoms with Crippen molar-refractivity contribution in [1.82, 2.24) is 9.97 Å². The number of hydrogen-bond donors (Lipinski definition) is 3. The molecule has 1 aromatic heterocycles. The number of aromatic nitrogens is 2. The number of methoxy groups -OCH3 is 1. The molecule has 112 valence electrons. The number of rotatable bonds is 5. The maximum absolute atomic E-state index is 13.2. The van der Waals surface area contributed by atoms with Gasteiger partial charge in [0, 0.05) is 17.6 Å². The highest BCUT2D eigenvalue weighted by molar-refractivity contribution is 9.10. The molecule has 0 bridgehead atoms. The van der Waals surface area contributed by atoms with Crippen LogP contribution in [0.4, 0.5) is 21.7 Å². The standard InChI is InChI=1S/C12H12BrClFN5O/c1-21-5-11-17-9(4-10(18-11)20-16)19-12-7(13)2-6(15)3-8(12)14/h2-4H,5,16H2,1H3,(H2,17,18,19,20). The van der Waals surface area contributed by atoms with Crippen molar-refractivity contribution < 1.29 is 9.13 Å². The summed E-state index contributed by atoms with van der Waals surface area (Å²) in [7, 11) is 1.53. The van der Waals surface area contributed by atoms with Gasteiger partial charge in [0.1, 0.15) is 24.1 Å². The number of nitrogens with one attached hydrogen (secondary N) is 2. The van der Waals surface area contributed by atoms with Crippen LogP contribution in [0.1, 0.15) is 5.82 Å². The van der Waals surface area contributed by atoms with E-state index in [1.807, 2.05) is 0 Å². The molecule has 21 heavy (non-hydrogen) atoms. The number of nitrogens with two attached hydrogens (primary N) is 1. The quantitative estimate of drug-likeness (QED) is 0.549. The lowest BCUT2D eigenvalue weighted by Crippen LogP contribution is -2.12. The van der Waals surface area contributed by atoms with Gasteiger partial charge in [-0.05, 0) is 28.1 Å². The van der Waals surface area contributed by atoms with Crippen molar-refractivity contribution in [2.45, 2.75) is 6.61 Å². The third-order valence-corrected chi connectivity index (χ3v) is 3.38. The Morgan fingerprint density at radius 3 is 2.67 bits per heavy atom. The van der Waals surface area contributed by atoms with Gasteiger partial charge in [0.05, 0.1) is 10.7 Å². The average Bonchev–Trinajstić information content (AvgIpc) is 2.43. The fourth-order valence-corrected chi connectivity index (χ4v) is 2.52. The van der Waals surface area contributed by atoms with Gasteiger partial charge in [-0.15, -0.1) is 0 Å². The summed E-state index contributed by atoms with van der Waals surface area (Å²) < 4.78 is 18.7. The molecule has 0 fully saturated rings. The molecule has 0 aliphatic heterocycles. The Kier molecular flexibility index (Phi) is 5.29. The van der Waals surface area contributed by atoms with Gasteiger partial charge in [-0.2, -0.15) is 0 Å². The van der Waals surface area contributed by atoms with Crippen molar-refractivity contribution in [3.8, 4) is 0 Å². The van der Waals surface area contributed by atoms with E-state index in [-0.39, 0.29) is 11.6 Å². The predicted molar refractivity (Wildman–Crippen MR) is 82.9 cm³/mol. The van der Waals surface area contributed by atoms with E-state index in [0.29, 0.717) is 27.6 Å². The molecule has 1 aromatic carbocycles. The summed E-state index contributed by atoms with van der Waals surface area (Å²) in [5.41, 5.74) is 2.93. The lowest BCUT2D eigenvalue weighted by molar-refractivity contribution is 0.178. The number of hydrazine groups is 1. The Balaban J connectivity index is 2.37. The first-order chi connectivity index (χ1) is 10.0. The van der Waals surface area contributed by atoms with Gasteiger partial charge in [-0.1, -0.05) is 11.6 Å². The zero-order chi connectivity index (χ0) is 15.4. The van der Waals surface area contributed by atoms with E-state index < -0.39 is 5.82 Å². The first-order valence-electron chi connectivity index (χ1n) is 5.78. The minimum absolute atomic E-state index is 0.219. The Morgan fingerprint density at radius 1 is 1.33 bits per heavy atom. The van der Waals surface area contributed by atoms with Crippen molar-refractivity contribution in [2.75, 3.05) is 17.9 Å². The summed E-state index contributed by atoms with van der Waals surface area (Å²) in [5.74, 6) is 6.21. The summed E-state index contributed by atoms with van der Waals surface area (Å²) in [6.07, 6.45) is 0. The van der Waals surface area contributed by atoms with Crippen LogP contribution in [0, 0.1) is 5.82 Å². The number of benzene rings is 1. The van der Waals surface area contributed by atoms with Gasteiger partial charge in [-0.25, -0.2) is 20.2 Å². The fraction of sp³-hybridized carbons (Fsp3) is 0.167. The van der Waals surface area contributed by atoms with Crippen LogP contribution in [0.5, 0.6) is 0 Å². The molecule has 1 heterocycles. The van der Waals surface area contributed by atoms with Gasteiger partial charge < -0.3 is 15.5 Å². The van der Waals surface area contributed by atoms with Crippen molar-refractivity contribution >= 4 is 44.9 Å². The van der Waals surface area contributed by atoms with E-state index in [9.17, 15) is 4.39 Å². The molecule has 0 unspecified atom stereocenters. The van der Waals surface area contributed by atoms with Crippen LogP contribution in [0.2, 0.25) is 5.02 Å². The van der Waals surface area contributed by atoms with Crippen LogP contribution in [0.15, 0.2) is 22.7 Å². The molecule has 0 amide bonds. The van der Waals surface area contributed by atoms with E-state index in [1.54, 1.807) is 6.07 Å². The Bertz CT molecular complexity index is 635. The van der Waals surface area contributed by atoms with E-state index in [4.69, 9.17) is 22.2 Å². The van der Waals surface area contributed by atoms with Gasteiger partial charge in [0.2, 0.25) is 0 Å². The van der Waals surface area contributed by atoms with Crippen molar-refractivity contribution in [3.05, 3.63) is 39.3 Å². The molecule has 0 radical (unpaired) electrons. The van der Waals surface area contributed by atoms with E-state index in [1.165, 1.54) is 19.2 Å². The number of anilines is 3. The first-order valence-corrected chi connectivity index (χ1v) is 6.95. The predicted octanol–water partition coefficient (Wildman–Crippen LogP) is 3.21. The molecule has 0 aliphatic carbocycles. The lowest BCUT2D eigenvalue weighted by Gasteiger charge is -2.12. The number of hydrogen-bond acceptors (Lipinski definition) is 6. The molecule has 0 atom stereocenters. The lowest BCUT2D eigenvalue weighted by atomic mass is 10.3. The van der Waals surface area contributed by atoms with Gasteiger partial charge >= 0.3 is 0 Å². The topological polar surface area (TPSA) is 85.1 Å². The molecule has 0 saturated heterocycles. The van der Waals surface area contributed by atoms with Crippen LogP contribution in [0.25, 0.3) is 0 Å². The second-order valence-electron chi connectivity index (χ2n) is 4.00. The maximum Gasteiger partial charge on any atom is 0.158 e. The number of ether oxygens (including phenoxy) is 1. The minimum atomic E-state index is -0.440. The summed E-state index contributed by atoms with van der Waals surface area (Å²) in [4.78, 5) is 8.38. The summed E-state index contributed by atoms with van der Waals surface area (Å²) in [6.45, 7) is 0.225. The number of halogens is 3. The molecular formula is C12H12BrClFN5O. The number of nitrogen functional groups attached to an aromatic ring is 1. The molecule has 2 rings (SSSR count). The molecule has 0 spiro atoms. The minimum Gasteiger partial charge on any atom is -0.377 e. The van der Waals surface area contributed by atoms with E-state index in [0.717, 1.165) is 0 Å². The first kappa shape index (κ1) is 15.9. The molecule has 0 saturated carbocycles. The second-order valence-corrected chi connectivity index (χ2v) is 5.26.